The Morgan fingerprint density at radius 2 is 1.57 bits per heavy atom. The number of rotatable bonds is 6. The number of nitrogens with one attached hydrogen (secondary N) is 3. The van der Waals surface area contributed by atoms with Crippen molar-refractivity contribution in [3.05, 3.63) is 65.7 Å². The maximum Gasteiger partial charge on any atom is 0.321 e. The summed E-state index contributed by atoms with van der Waals surface area (Å²) in [7, 11) is 0. The average Bonchev–Trinajstić information content (AvgIpc) is 3.67. The number of hydrogen-bond acceptors (Lipinski definition) is 4. The van der Waals surface area contributed by atoms with Crippen LogP contribution in [0.3, 0.4) is 0 Å². The van der Waals surface area contributed by atoms with E-state index in [0.717, 1.165) is 18.5 Å². The maximum atomic E-state index is 13.0. The Morgan fingerprint density at radius 3 is 2.29 bits per heavy atom. The molecule has 5 amide bonds. The van der Waals surface area contributed by atoms with Gasteiger partial charge in [0, 0.05) is 36.4 Å². The first-order chi connectivity index (χ1) is 17.0. The first kappa shape index (κ1) is 22.9. The fourth-order valence-corrected chi connectivity index (χ4v) is 4.83. The van der Waals surface area contributed by atoms with E-state index in [0.29, 0.717) is 37.1 Å². The molecular weight excluding hydrogens is 446 g/mol. The Labute approximate surface area is 203 Å². The van der Waals surface area contributed by atoms with E-state index in [1.165, 1.54) is 0 Å². The van der Waals surface area contributed by atoms with Gasteiger partial charge in [-0.05, 0) is 49.4 Å². The van der Waals surface area contributed by atoms with Crippen LogP contribution in [0, 0.1) is 0 Å². The number of carbonyl (C=O) groups excluding carboxylic acids is 4. The van der Waals surface area contributed by atoms with Crippen LogP contribution < -0.4 is 16.0 Å². The molecule has 2 aromatic rings. The van der Waals surface area contributed by atoms with Crippen LogP contribution in [0.1, 0.15) is 47.6 Å². The maximum absolute atomic E-state index is 13.0. The first-order valence-corrected chi connectivity index (χ1v) is 12.1. The molecule has 9 nitrogen and oxygen atoms in total. The number of urea groups is 1. The molecule has 1 saturated carbocycles. The van der Waals surface area contributed by atoms with E-state index >= 15 is 0 Å². The predicted molar refractivity (Wildman–Crippen MR) is 130 cm³/mol. The van der Waals surface area contributed by atoms with Crippen LogP contribution >= 0.6 is 0 Å². The Hall–Kier alpha value is -3.88. The van der Waals surface area contributed by atoms with E-state index in [-0.39, 0.29) is 42.4 Å². The van der Waals surface area contributed by atoms with Crippen molar-refractivity contribution >= 4 is 29.4 Å². The number of hydrogen-bond donors (Lipinski definition) is 3. The summed E-state index contributed by atoms with van der Waals surface area (Å²) in [4.78, 5) is 54.2. The molecule has 1 atom stereocenters. The van der Waals surface area contributed by atoms with Gasteiger partial charge in [0.1, 0.15) is 6.04 Å². The Kier molecular flexibility index (Phi) is 6.39. The van der Waals surface area contributed by atoms with Crippen LogP contribution in [-0.2, 0) is 9.59 Å². The van der Waals surface area contributed by atoms with Gasteiger partial charge >= 0.3 is 6.03 Å². The second-order valence-electron chi connectivity index (χ2n) is 9.28. The molecule has 182 valence electrons. The first-order valence-electron chi connectivity index (χ1n) is 12.1. The molecule has 0 aromatic heterocycles. The molecular formula is C26H29N5O4. The summed E-state index contributed by atoms with van der Waals surface area (Å²) >= 11 is 0. The number of benzene rings is 2. The van der Waals surface area contributed by atoms with Gasteiger partial charge in [0.2, 0.25) is 11.8 Å². The molecule has 1 saturated heterocycles. The highest BCUT2D eigenvalue weighted by molar-refractivity contribution is 6.05. The number of nitrogens with zero attached hydrogens (tertiary/aromatic N) is 2. The third-order valence-electron chi connectivity index (χ3n) is 6.78. The van der Waals surface area contributed by atoms with Crippen molar-refractivity contribution in [3.8, 4) is 0 Å². The number of carbonyl (C=O) groups is 4. The largest absolute Gasteiger partial charge is 0.352 e. The van der Waals surface area contributed by atoms with Crippen LogP contribution in [-0.4, -0.2) is 65.3 Å². The smallest absolute Gasteiger partial charge is 0.321 e. The van der Waals surface area contributed by atoms with E-state index in [1.54, 1.807) is 21.9 Å². The van der Waals surface area contributed by atoms with Gasteiger partial charge in [-0.1, -0.05) is 36.4 Å². The van der Waals surface area contributed by atoms with Crippen LogP contribution in [0.2, 0.25) is 0 Å². The summed E-state index contributed by atoms with van der Waals surface area (Å²) < 4.78 is 0. The predicted octanol–water partition coefficient (Wildman–Crippen LogP) is 2.27. The van der Waals surface area contributed by atoms with Crippen molar-refractivity contribution in [3.63, 3.8) is 0 Å². The van der Waals surface area contributed by atoms with Crippen molar-refractivity contribution in [2.75, 3.05) is 25.0 Å². The SMILES string of the molecule is O=C(CNC(=O)[C@H]1c2ccccc2C(=O)N1C1CC1)NC1CCN(C(=O)Nc2ccccc2)CC1. The molecule has 1 aliphatic carbocycles. The Bertz CT molecular complexity index is 1130. The molecule has 3 N–H and O–H groups in total. The highest BCUT2D eigenvalue weighted by atomic mass is 16.2. The molecule has 2 aliphatic heterocycles. The lowest BCUT2D eigenvalue weighted by Crippen LogP contribution is -2.50. The number of amides is 5. The minimum Gasteiger partial charge on any atom is -0.352 e. The van der Waals surface area contributed by atoms with Crippen LogP contribution in [0.5, 0.6) is 0 Å². The quantitative estimate of drug-likeness (QED) is 0.595. The zero-order chi connectivity index (χ0) is 24.4. The van der Waals surface area contributed by atoms with Gasteiger partial charge in [0.25, 0.3) is 5.91 Å². The average molecular weight is 476 g/mol. The Morgan fingerprint density at radius 1 is 0.886 bits per heavy atom. The van der Waals surface area contributed by atoms with Gasteiger partial charge in [0.15, 0.2) is 0 Å². The molecule has 3 aliphatic rings. The van der Waals surface area contributed by atoms with Crippen molar-refractivity contribution in [1.82, 2.24) is 20.4 Å². The normalized spacial score (nSPS) is 19.8. The minimum atomic E-state index is -0.689. The summed E-state index contributed by atoms with van der Waals surface area (Å²) in [6.45, 7) is 0.916. The van der Waals surface area contributed by atoms with Crippen LogP contribution in [0.25, 0.3) is 0 Å². The highest BCUT2D eigenvalue weighted by Gasteiger charge is 2.47. The van der Waals surface area contributed by atoms with Crippen LogP contribution in [0.4, 0.5) is 10.5 Å². The fraction of sp³-hybridized carbons (Fsp3) is 0.385. The fourth-order valence-electron chi connectivity index (χ4n) is 4.83. The highest BCUT2D eigenvalue weighted by Crippen LogP contribution is 2.41. The van der Waals surface area contributed by atoms with E-state index < -0.39 is 6.04 Å². The lowest BCUT2D eigenvalue weighted by Gasteiger charge is -2.32. The van der Waals surface area contributed by atoms with E-state index in [9.17, 15) is 19.2 Å². The number of fused-ring (bicyclic) bond motifs is 1. The lowest BCUT2D eigenvalue weighted by atomic mass is 10.0. The van der Waals surface area contributed by atoms with Gasteiger partial charge in [-0.2, -0.15) is 0 Å². The standard InChI is InChI=1S/C26H29N5O4/c32-22(28-18-12-14-30(15-13-18)26(35)29-17-6-2-1-3-7-17)16-27-24(33)23-20-8-4-5-9-21(20)25(34)31(23)19-10-11-19/h1-9,18-19,23H,10-16H2,(H,27,33)(H,28,32)(H,29,35)/t23-/m1/s1. The van der Waals surface area contributed by atoms with Gasteiger partial charge in [-0.15, -0.1) is 0 Å². The van der Waals surface area contributed by atoms with E-state index in [4.69, 9.17) is 0 Å². The van der Waals surface area contributed by atoms with Gasteiger partial charge in [-0.3, -0.25) is 14.4 Å². The van der Waals surface area contributed by atoms with Crippen molar-refractivity contribution in [1.29, 1.82) is 0 Å². The molecule has 0 bridgehead atoms. The van der Waals surface area contributed by atoms with E-state index in [1.807, 2.05) is 42.5 Å². The molecule has 0 unspecified atom stereocenters. The molecule has 2 heterocycles. The number of anilines is 1. The monoisotopic (exact) mass is 475 g/mol. The second-order valence-corrected chi connectivity index (χ2v) is 9.28. The Balaban J connectivity index is 1.09. The lowest BCUT2D eigenvalue weighted by molar-refractivity contribution is -0.129. The summed E-state index contributed by atoms with van der Waals surface area (Å²) in [6.07, 6.45) is 3.07. The molecule has 0 spiro atoms. The zero-order valence-corrected chi connectivity index (χ0v) is 19.4. The third kappa shape index (κ3) is 4.99. The van der Waals surface area contributed by atoms with Gasteiger partial charge in [0.05, 0.1) is 6.54 Å². The minimum absolute atomic E-state index is 0.0584. The molecule has 9 heteroatoms. The number of piperidine rings is 1. The number of para-hydroxylation sites is 1. The molecule has 2 aromatic carbocycles. The van der Waals surface area contributed by atoms with Crippen LogP contribution in [0.15, 0.2) is 54.6 Å². The van der Waals surface area contributed by atoms with Crippen molar-refractivity contribution in [2.24, 2.45) is 0 Å². The molecule has 5 rings (SSSR count). The molecule has 2 fully saturated rings. The summed E-state index contributed by atoms with van der Waals surface area (Å²) in [5.41, 5.74) is 2.01. The summed E-state index contributed by atoms with van der Waals surface area (Å²) in [6, 6.07) is 15.7. The third-order valence-corrected chi connectivity index (χ3v) is 6.78. The van der Waals surface area contributed by atoms with Gasteiger partial charge < -0.3 is 25.8 Å². The summed E-state index contributed by atoms with van der Waals surface area (Å²) in [5.74, 6) is -0.727. The number of likely N-dealkylation sites (tertiary alicyclic amines) is 1. The molecule has 0 radical (unpaired) electrons. The van der Waals surface area contributed by atoms with E-state index in [2.05, 4.69) is 16.0 Å². The van der Waals surface area contributed by atoms with Crippen molar-refractivity contribution in [2.45, 2.75) is 43.8 Å². The molecule has 35 heavy (non-hydrogen) atoms. The zero-order valence-electron chi connectivity index (χ0n) is 19.4. The van der Waals surface area contributed by atoms with Crippen molar-refractivity contribution < 1.29 is 19.2 Å². The summed E-state index contributed by atoms with van der Waals surface area (Å²) in [5, 5.41) is 8.56. The van der Waals surface area contributed by atoms with Gasteiger partial charge in [-0.25, -0.2) is 4.79 Å². The second kappa shape index (κ2) is 9.77. The topological polar surface area (TPSA) is 111 Å².